The van der Waals surface area contributed by atoms with Crippen LogP contribution in [-0.4, -0.2) is 61.5 Å². The van der Waals surface area contributed by atoms with Crippen molar-refractivity contribution >= 4 is 15.4 Å². The summed E-state index contributed by atoms with van der Waals surface area (Å²) in [6.07, 6.45) is -0.697. The van der Waals surface area contributed by atoms with Gasteiger partial charge in [0.1, 0.15) is 14.0 Å². The molecule has 0 spiro atoms. The minimum atomic E-state index is -3.54. The first-order chi connectivity index (χ1) is 6.39. The quantitative estimate of drug-likeness (QED) is 0.348. The average Bonchev–Trinajstić information content (AvgIpc) is 2.10. The van der Waals surface area contributed by atoms with E-state index in [9.17, 15) is 4.57 Å². The molecule has 0 radical (unpaired) electrons. The van der Waals surface area contributed by atoms with Crippen LogP contribution in [0.2, 0.25) is 0 Å². The van der Waals surface area contributed by atoms with Gasteiger partial charge in [-0.2, -0.15) is 0 Å². The second-order valence-electron chi connectivity index (χ2n) is 3.03. The Kier molecular flexibility index (Phi) is 6.60. The van der Waals surface area contributed by atoms with Crippen LogP contribution >= 0.6 is 7.60 Å². The van der Waals surface area contributed by atoms with Crippen LogP contribution in [0, 0.1) is 0 Å². The number of aliphatic hydroxyl groups is 2. The molecule has 0 fully saturated rings. The van der Waals surface area contributed by atoms with E-state index in [2.05, 4.69) is 4.52 Å². The van der Waals surface area contributed by atoms with E-state index in [1.807, 2.05) is 0 Å². The van der Waals surface area contributed by atoms with Gasteiger partial charge in [-0.05, 0) is 0 Å². The summed E-state index contributed by atoms with van der Waals surface area (Å²) in [5, 5.41) is 17.5. The molecule has 0 aliphatic rings. The fraction of sp³-hybridized carbons (Fsp3) is 1.00. The van der Waals surface area contributed by atoms with Gasteiger partial charge in [0.05, 0.1) is 19.8 Å². The van der Waals surface area contributed by atoms with E-state index in [-0.39, 0.29) is 19.8 Å². The van der Waals surface area contributed by atoms with Crippen LogP contribution in [0.25, 0.3) is 0 Å². The van der Waals surface area contributed by atoms with Crippen molar-refractivity contribution in [3.8, 4) is 0 Å². The molecule has 0 saturated carbocycles. The summed E-state index contributed by atoms with van der Waals surface area (Å²) >= 11 is 0. The summed E-state index contributed by atoms with van der Waals surface area (Å²) < 4.78 is 20.4. The molecular formula is C6H16BO6P. The van der Waals surface area contributed by atoms with Crippen molar-refractivity contribution in [3.63, 3.8) is 0 Å². The SMILES string of the molecule is B[C@@H](CO)O[C@H](CO)COP(C)(=O)O. The lowest BCUT2D eigenvalue weighted by Crippen LogP contribution is -2.31. The fourth-order valence-electron chi connectivity index (χ4n) is 0.728. The molecule has 0 heterocycles. The maximum Gasteiger partial charge on any atom is 0.325 e. The van der Waals surface area contributed by atoms with Crippen molar-refractivity contribution in [3.05, 3.63) is 0 Å². The van der Waals surface area contributed by atoms with E-state index >= 15 is 0 Å². The van der Waals surface area contributed by atoms with Gasteiger partial charge < -0.3 is 24.4 Å². The van der Waals surface area contributed by atoms with Crippen LogP contribution in [0.1, 0.15) is 0 Å². The predicted molar refractivity (Wildman–Crippen MR) is 53.1 cm³/mol. The second kappa shape index (κ2) is 6.56. The van der Waals surface area contributed by atoms with E-state index < -0.39 is 19.7 Å². The van der Waals surface area contributed by atoms with Crippen molar-refractivity contribution in [2.24, 2.45) is 0 Å². The lowest BCUT2D eigenvalue weighted by molar-refractivity contribution is -0.0450. The van der Waals surface area contributed by atoms with E-state index in [0.717, 1.165) is 6.66 Å². The lowest BCUT2D eigenvalue weighted by atomic mass is 10.0. The summed E-state index contributed by atoms with van der Waals surface area (Å²) in [5.74, 6) is 0. The maximum absolute atomic E-state index is 10.7. The molecular weight excluding hydrogens is 210 g/mol. The lowest BCUT2D eigenvalue weighted by Gasteiger charge is -2.20. The fourth-order valence-corrected chi connectivity index (χ4v) is 1.17. The Labute approximate surface area is 83.8 Å². The molecule has 84 valence electrons. The highest BCUT2D eigenvalue weighted by molar-refractivity contribution is 7.51. The summed E-state index contributed by atoms with van der Waals surface area (Å²) in [4.78, 5) is 8.80. The summed E-state index contributed by atoms with van der Waals surface area (Å²) in [6, 6.07) is -0.439. The smallest absolute Gasteiger partial charge is 0.325 e. The zero-order valence-electron chi connectivity index (χ0n) is 8.29. The third-order valence-corrected chi connectivity index (χ3v) is 2.01. The second-order valence-corrected chi connectivity index (χ2v) is 4.90. The van der Waals surface area contributed by atoms with Gasteiger partial charge in [-0.1, -0.05) is 0 Å². The molecule has 14 heavy (non-hydrogen) atoms. The van der Waals surface area contributed by atoms with Crippen molar-refractivity contribution in [2.45, 2.75) is 12.1 Å². The van der Waals surface area contributed by atoms with Crippen molar-refractivity contribution in [1.82, 2.24) is 0 Å². The summed E-state index contributed by atoms with van der Waals surface area (Å²) in [6.45, 7) is 0.367. The minimum Gasteiger partial charge on any atom is -0.394 e. The molecule has 1 unspecified atom stereocenters. The van der Waals surface area contributed by atoms with Gasteiger partial charge in [0.25, 0.3) is 0 Å². The molecule has 0 aromatic carbocycles. The molecule has 0 aromatic heterocycles. The van der Waals surface area contributed by atoms with Crippen molar-refractivity contribution in [2.75, 3.05) is 26.5 Å². The number of hydrogen-bond donors (Lipinski definition) is 3. The van der Waals surface area contributed by atoms with Crippen LogP contribution in [-0.2, 0) is 13.8 Å². The maximum atomic E-state index is 10.7. The van der Waals surface area contributed by atoms with Gasteiger partial charge in [0.2, 0.25) is 0 Å². The molecule has 0 bridgehead atoms. The van der Waals surface area contributed by atoms with Gasteiger partial charge in [0, 0.05) is 12.7 Å². The Morgan fingerprint density at radius 3 is 2.36 bits per heavy atom. The molecule has 0 aromatic rings. The molecule has 0 amide bonds. The van der Waals surface area contributed by atoms with Crippen LogP contribution in [0.15, 0.2) is 0 Å². The molecule has 6 nitrogen and oxygen atoms in total. The zero-order valence-corrected chi connectivity index (χ0v) is 9.18. The molecule has 3 N–H and O–H groups in total. The van der Waals surface area contributed by atoms with Crippen molar-refractivity contribution in [1.29, 1.82) is 0 Å². The summed E-state index contributed by atoms with van der Waals surface area (Å²) in [5.41, 5.74) is 0. The molecule has 3 atom stereocenters. The first-order valence-electron chi connectivity index (χ1n) is 4.21. The zero-order chi connectivity index (χ0) is 11.2. The number of aliphatic hydroxyl groups excluding tert-OH is 2. The highest BCUT2D eigenvalue weighted by Crippen LogP contribution is 2.36. The number of hydrogen-bond acceptors (Lipinski definition) is 5. The Balaban J connectivity index is 3.86. The molecule has 0 aliphatic carbocycles. The van der Waals surface area contributed by atoms with Gasteiger partial charge in [-0.15, -0.1) is 0 Å². The van der Waals surface area contributed by atoms with Crippen LogP contribution in [0.3, 0.4) is 0 Å². The summed E-state index contributed by atoms with van der Waals surface area (Å²) in [7, 11) is -1.92. The first kappa shape index (κ1) is 14.1. The molecule has 8 heteroatoms. The van der Waals surface area contributed by atoms with Gasteiger partial charge in [0.15, 0.2) is 0 Å². The topological polar surface area (TPSA) is 96.2 Å². The van der Waals surface area contributed by atoms with Gasteiger partial charge in [-0.25, -0.2) is 0 Å². The van der Waals surface area contributed by atoms with Gasteiger partial charge in [-0.3, -0.25) is 4.57 Å². The Morgan fingerprint density at radius 2 is 2.00 bits per heavy atom. The number of ether oxygens (including phenoxy) is 1. The Bertz CT molecular complexity index is 195. The first-order valence-corrected chi connectivity index (χ1v) is 6.23. The van der Waals surface area contributed by atoms with Crippen LogP contribution in [0.4, 0.5) is 0 Å². The normalized spacial score (nSPS) is 20.0. The van der Waals surface area contributed by atoms with E-state index in [1.165, 1.54) is 0 Å². The third-order valence-electron chi connectivity index (χ3n) is 1.39. The minimum absolute atomic E-state index is 0.175. The monoisotopic (exact) mass is 226 g/mol. The highest BCUT2D eigenvalue weighted by Gasteiger charge is 2.17. The molecule has 0 saturated heterocycles. The Morgan fingerprint density at radius 1 is 1.43 bits per heavy atom. The van der Waals surface area contributed by atoms with Gasteiger partial charge >= 0.3 is 7.60 Å². The third kappa shape index (κ3) is 7.49. The van der Waals surface area contributed by atoms with E-state index in [1.54, 1.807) is 7.85 Å². The molecule has 0 aliphatic heterocycles. The average molecular weight is 226 g/mol. The van der Waals surface area contributed by atoms with Crippen LogP contribution < -0.4 is 0 Å². The molecule has 0 rings (SSSR count). The standard InChI is InChI=1S/C6H16BO6P/c1-14(10,11)12-4-5(2-8)13-6(7)3-9/h5-6,8-9H,2-4,7H2,1H3,(H,10,11)/t5-,6-/m1/s1. The number of rotatable bonds is 7. The largest absolute Gasteiger partial charge is 0.394 e. The van der Waals surface area contributed by atoms with E-state index in [4.69, 9.17) is 19.8 Å². The Hall–Kier alpha value is 0.0949. The highest BCUT2D eigenvalue weighted by atomic mass is 31.2. The van der Waals surface area contributed by atoms with E-state index in [0.29, 0.717) is 0 Å². The predicted octanol–water partition coefficient (Wildman–Crippen LogP) is -1.85. The van der Waals surface area contributed by atoms with Crippen LogP contribution in [0.5, 0.6) is 0 Å². The van der Waals surface area contributed by atoms with Crippen molar-refractivity contribution < 1.29 is 28.9 Å².